The van der Waals surface area contributed by atoms with E-state index >= 15 is 0 Å². The predicted molar refractivity (Wildman–Crippen MR) is 108 cm³/mol. The molecule has 2 heterocycles. The molecule has 1 amide bonds. The Hall–Kier alpha value is -1.69. The minimum absolute atomic E-state index is 0.0355. The molecular weight excluding hydrogens is 338 g/mol. The van der Waals surface area contributed by atoms with Gasteiger partial charge in [0.15, 0.2) is 0 Å². The first-order valence-corrected chi connectivity index (χ1v) is 10.1. The minimum Gasteiger partial charge on any atom is -0.383 e. The number of nitrogens with zero attached hydrogens (tertiary/aromatic N) is 3. The van der Waals surface area contributed by atoms with E-state index in [1.54, 1.807) is 7.11 Å². The van der Waals surface area contributed by atoms with Gasteiger partial charge in [0.25, 0.3) is 0 Å². The van der Waals surface area contributed by atoms with Gasteiger partial charge in [-0.15, -0.1) is 6.58 Å². The summed E-state index contributed by atoms with van der Waals surface area (Å²) in [5.74, 6) is 0.349. The third-order valence-corrected chi connectivity index (χ3v) is 5.85. The average Bonchev–Trinajstić information content (AvgIpc) is 2.70. The third kappa shape index (κ3) is 5.18. The van der Waals surface area contributed by atoms with Crippen LogP contribution in [-0.4, -0.2) is 79.6 Å². The van der Waals surface area contributed by atoms with E-state index in [1.165, 1.54) is 5.56 Å². The van der Waals surface area contributed by atoms with Crippen molar-refractivity contribution in [3.05, 3.63) is 48.6 Å². The first kappa shape index (κ1) is 20.1. The summed E-state index contributed by atoms with van der Waals surface area (Å²) in [6.07, 6.45) is 3.97. The number of carbonyl (C=O) groups is 1. The summed E-state index contributed by atoms with van der Waals surface area (Å²) in [5.41, 5.74) is 1.30. The highest BCUT2D eigenvalue weighted by molar-refractivity contribution is 5.80. The van der Waals surface area contributed by atoms with Gasteiger partial charge in [-0.05, 0) is 24.9 Å². The van der Waals surface area contributed by atoms with E-state index in [4.69, 9.17) is 4.74 Å². The number of amides is 1. The van der Waals surface area contributed by atoms with Crippen molar-refractivity contribution in [2.45, 2.75) is 25.4 Å². The lowest BCUT2D eigenvalue weighted by Crippen LogP contribution is -2.56. The van der Waals surface area contributed by atoms with Crippen LogP contribution in [0.1, 0.15) is 18.4 Å². The highest BCUT2D eigenvalue weighted by atomic mass is 16.5. The molecule has 1 aromatic rings. The molecule has 2 aliphatic heterocycles. The Kier molecular flexibility index (Phi) is 7.44. The number of carbonyl (C=O) groups excluding carboxylic acids is 1. The number of piperazine rings is 1. The van der Waals surface area contributed by atoms with Crippen LogP contribution in [0.15, 0.2) is 43.0 Å². The quantitative estimate of drug-likeness (QED) is 0.689. The highest BCUT2D eigenvalue weighted by Crippen LogP contribution is 2.28. The van der Waals surface area contributed by atoms with Crippen LogP contribution in [0.3, 0.4) is 0 Å². The van der Waals surface area contributed by atoms with Gasteiger partial charge in [-0.3, -0.25) is 14.6 Å². The molecular formula is C22H33N3O2. The van der Waals surface area contributed by atoms with Crippen molar-refractivity contribution in [1.29, 1.82) is 0 Å². The number of ether oxygens (including phenoxy) is 1. The normalized spacial score (nSPS) is 24.7. The molecule has 0 aromatic heterocycles. The van der Waals surface area contributed by atoms with Crippen molar-refractivity contribution >= 4 is 5.91 Å². The molecule has 2 aliphatic rings. The van der Waals surface area contributed by atoms with Crippen molar-refractivity contribution in [3.8, 4) is 0 Å². The maximum Gasteiger partial charge on any atom is 0.227 e. The number of rotatable bonds is 7. The molecule has 1 aromatic carbocycles. The van der Waals surface area contributed by atoms with Crippen molar-refractivity contribution in [1.82, 2.24) is 14.7 Å². The van der Waals surface area contributed by atoms with Crippen molar-refractivity contribution in [2.24, 2.45) is 5.92 Å². The van der Waals surface area contributed by atoms with Crippen LogP contribution in [-0.2, 0) is 16.1 Å². The maximum atomic E-state index is 13.3. The summed E-state index contributed by atoms with van der Waals surface area (Å²) in [4.78, 5) is 20.2. The Morgan fingerprint density at radius 2 is 1.93 bits per heavy atom. The minimum atomic E-state index is 0.0355. The number of hydrogen-bond donors (Lipinski definition) is 0. The fourth-order valence-electron chi connectivity index (χ4n) is 4.39. The van der Waals surface area contributed by atoms with E-state index in [2.05, 4.69) is 45.5 Å². The van der Waals surface area contributed by atoms with Crippen LogP contribution < -0.4 is 0 Å². The monoisotopic (exact) mass is 371 g/mol. The molecule has 2 saturated heterocycles. The SMILES string of the molecule is C=CCN1CCN(C(=O)[C@@H]2CCCN(Cc3ccccc3)[C@@H]2COC)CC1. The van der Waals surface area contributed by atoms with E-state index in [-0.39, 0.29) is 12.0 Å². The van der Waals surface area contributed by atoms with Gasteiger partial charge < -0.3 is 9.64 Å². The van der Waals surface area contributed by atoms with E-state index in [0.717, 1.165) is 58.7 Å². The first-order chi connectivity index (χ1) is 13.2. The standard InChI is InChI=1S/C22H33N3O2/c1-3-11-23-13-15-24(16-14-23)22(26)20-10-7-12-25(21(20)18-27-2)17-19-8-5-4-6-9-19/h3-6,8-9,20-21H,1,7,10-18H2,2H3/t20-,21-/m1/s1. The number of hydrogen-bond acceptors (Lipinski definition) is 4. The summed E-state index contributed by atoms with van der Waals surface area (Å²) in [6, 6.07) is 10.7. The van der Waals surface area contributed by atoms with Gasteiger partial charge in [-0.25, -0.2) is 0 Å². The largest absolute Gasteiger partial charge is 0.383 e. The summed E-state index contributed by atoms with van der Waals surface area (Å²) >= 11 is 0. The average molecular weight is 372 g/mol. The molecule has 0 bridgehead atoms. The van der Waals surface area contributed by atoms with E-state index in [1.807, 2.05) is 12.1 Å². The lowest BCUT2D eigenvalue weighted by atomic mass is 9.87. The smallest absolute Gasteiger partial charge is 0.227 e. The van der Waals surface area contributed by atoms with Gasteiger partial charge in [0.1, 0.15) is 0 Å². The van der Waals surface area contributed by atoms with Crippen LogP contribution in [0.4, 0.5) is 0 Å². The van der Waals surface area contributed by atoms with E-state index in [9.17, 15) is 4.79 Å². The molecule has 0 unspecified atom stereocenters. The third-order valence-electron chi connectivity index (χ3n) is 5.85. The van der Waals surface area contributed by atoms with E-state index < -0.39 is 0 Å². The number of likely N-dealkylation sites (tertiary alicyclic amines) is 1. The Bertz CT molecular complexity index is 599. The van der Waals surface area contributed by atoms with Gasteiger partial charge in [0, 0.05) is 52.4 Å². The second-order valence-corrected chi connectivity index (χ2v) is 7.64. The topological polar surface area (TPSA) is 36.0 Å². The maximum absolute atomic E-state index is 13.3. The van der Waals surface area contributed by atoms with Crippen LogP contribution in [0, 0.1) is 5.92 Å². The lowest BCUT2D eigenvalue weighted by Gasteiger charge is -2.43. The molecule has 2 fully saturated rings. The zero-order valence-electron chi connectivity index (χ0n) is 16.6. The van der Waals surface area contributed by atoms with Gasteiger partial charge in [-0.1, -0.05) is 36.4 Å². The summed E-state index contributed by atoms with van der Waals surface area (Å²) < 4.78 is 5.53. The molecule has 2 atom stereocenters. The molecule has 0 spiro atoms. The fraction of sp³-hybridized carbons (Fsp3) is 0.591. The highest BCUT2D eigenvalue weighted by Gasteiger charge is 2.38. The predicted octanol–water partition coefficient (Wildman–Crippen LogP) is 2.24. The van der Waals surface area contributed by atoms with Gasteiger partial charge in [0.05, 0.1) is 12.5 Å². The zero-order chi connectivity index (χ0) is 19.1. The molecule has 5 nitrogen and oxygen atoms in total. The first-order valence-electron chi connectivity index (χ1n) is 10.1. The summed E-state index contributed by atoms with van der Waals surface area (Å²) in [5, 5.41) is 0. The fourth-order valence-corrected chi connectivity index (χ4v) is 4.39. The Labute approximate surface area is 163 Å². The molecule has 0 saturated carbocycles. The van der Waals surface area contributed by atoms with E-state index in [0.29, 0.717) is 12.5 Å². The molecule has 5 heteroatoms. The number of benzene rings is 1. The number of methoxy groups -OCH3 is 1. The van der Waals surface area contributed by atoms with Crippen molar-refractivity contribution in [2.75, 3.05) is 53.0 Å². The van der Waals surface area contributed by atoms with Gasteiger partial charge in [0.2, 0.25) is 5.91 Å². The molecule has 0 radical (unpaired) electrons. The Morgan fingerprint density at radius 3 is 2.59 bits per heavy atom. The Morgan fingerprint density at radius 1 is 1.19 bits per heavy atom. The second kappa shape index (κ2) is 10.0. The molecule has 0 aliphatic carbocycles. The summed E-state index contributed by atoms with van der Waals surface area (Å²) in [7, 11) is 1.74. The number of piperidine rings is 1. The van der Waals surface area contributed by atoms with Crippen LogP contribution >= 0.6 is 0 Å². The van der Waals surface area contributed by atoms with Gasteiger partial charge >= 0.3 is 0 Å². The van der Waals surface area contributed by atoms with Crippen LogP contribution in [0.5, 0.6) is 0 Å². The van der Waals surface area contributed by atoms with Crippen molar-refractivity contribution in [3.63, 3.8) is 0 Å². The van der Waals surface area contributed by atoms with Crippen molar-refractivity contribution < 1.29 is 9.53 Å². The molecule has 3 rings (SSSR count). The molecule has 0 N–H and O–H groups in total. The second-order valence-electron chi connectivity index (χ2n) is 7.64. The lowest BCUT2D eigenvalue weighted by molar-refractivity contribution is -0.143. The summed E-state index contributed by atoms with van der Waals surface area (Å²) in [6.45, 7) is 10.8. The van der Waals surface area contributed by atoms with Crippen LogP contribution in [0.2, 0.25) is 0 Å². The molecule has 27 heavy (non-hydrogen) atoms. The zero-order valence-corrected chi connectivity index (χ0v) is 16.6. The van der Waals surface area contributed by atoms with Gasteiger partial charge in [-0.2, -0.15) is 0 Å². The Balaban J connectivity index is 1.65. The molecule has 148 valence electrons. The van der Waals surface area contributed by atoms with Crippen LogP contribution in [0.25, 0.3) is 0 Å².